The van der Waals surface area contributed by atoms with Crippen LogP contribution in [0.3, 0.4) is 0 Å². The molecule has 0 aliphatic rings. The highest BCUT2D eigenvalue weighted by Crippen LogP contribution is 2.07. The van der Waals surface area contributed by atoms with E-state index >= 15 is 0 Å². The van der Waals surface area contributed by atoms with Crippen molar-refractivity contribution in [1.29, 1.82) is 0 Å². The van der Waals surface area contributed by atoms with E-state index in [4.69, 9.17) is 0 Å². The van der Waals surface area contributed by atoms with Crippen LogP contribution >= 0.6 is 0 Å². The summed E-state index contributed by atoms with van der Waals surface area (Å²) in [6.45, 7) is 17.2. The fourth-order valence-corrected chi connectivity index (χ4v) is 0. The maximum atomic E-state index is 2.19. The summed E-state index contributed by atoms with van der Waals surface area (Å²) in [5, 5.41) is 0. The summed E-state index contributed by atoms with van der Waals surface area (Å²) in [5.41, 5.74) is 0.500. The fourth-order valence-electron chi connectivity index (χ4n) is 0. The van der Waals surface area contributed by atoms with E-state index in [1.807, 2.05) is 0 Å². The quantitative estimate of drug-likeness (QED) is 0.473. The van der Waals surface area contributed by atoms with Gasteiger partial charge in [0.05, 0.1) is 0 Å². The Balaban J connectivity index is -0.0000000933. The van der Waals surface area contributed by atoms with E-state index in [1.165, 1.54) is 12.8 Å². The normalized spacial score (nSPS) is 8.73. The Kier molecular flexibility index (Phi) is 19.8. The van der Waals surface area contributed by atoms with Gasteiger partial charge in [0.2, 0.25) is 0 Å². The van der Waals surface area contributed by atoms with Crippen LogP contribution in [0.4, 0.5) is 0 Å². The molecule has 0 heteroatoms. The Morgan fingerprint density at radius 2 is 0.636 bits per heavy atom. The van der Waals surface area contributed by atoms with Gasteiger partial charge >= 0.3 is 0 Å². The molecule has 0 amide bonds. The number of rotatable bonds is 0. The average Bonchev–Trinajstić information content (AvgIpc) is 1.62. The van der Waals surface area contributed by atoms with Crippen molar-refractivity contribution in [2.24, 2.45) is 5.41 Å². The van der Waals surface area contributed by atoms with Gasteiger partial charge in [0, 0.05) is 0 Å². The second kappa shape index (κ2) is 12.7. The van der Waals surface area contributed by atoms with Gasteiger partial charge < -0.3 is 0 Å². The van der Waals surface area contributed by atoms with Crippen LogP contribution < -0.4 is 0 Å². The molecular weight excluding hydrogens is 132 g/mol. The predicted molar refractivity (Wildman–Crippen MR) is 57.1 cm³/mol. The Bertz CT molecular complexity index is 30.5. The van der Waals surface area contributed by atoms with E-state index in [1.54, 1.807) is 0 Å². The monoisotopic (exact) mass is 160 g/mol. The minimum absolute atomic E-state index is 0.500. The number of hydrogen-bond acceptors (Lipinski definition) is 0. The molecule has 0 aromatic rings. The second-order valence-corrected chi connectivity index (χ2v) is 4.41. The highest BCUT2D eigenvalue weighted by molar-refractivity contribution is 4.47. The summed E-state index contributed by atoms with van der Waals surface area (Å²) in [6, 6.07) is 0. The first-order valence-electron chi connectivity index (χ1n) is 4.83. The van der Waals surface area contributed by atoms with Crippen LogP contribution in [0.1, 0.15) is 68.2 Å². The van der Waals surface area contributed by atoms with Crippen LogP contribution in [-0.2, 0) is 0 Å². The van der Waals surface area contributed by atoms with Gasteiger partial charge in [0.1, 0.15) is 0 Å². The lowest BCUT2D eigenvalue weighted by Crippen LogP contribution is -1.93. The van der Waals surface area contributed by atoms with E-state index in [0.29, 0.717) is 5.41 Å². The summed E-state index contributed by atoms with van der Waals surface area (Å²) in [6.07, 6.45) is 2.50. The first-order valence-corrected chi connectivity index (χ1v) is 4.83. The van der Waals surface area contributed by atoms with Gasteiger partial charge in [0.25, 0.3) is 0 Å². The van der Waals surface area contributed by atoms with Crippen LogP contribution in [0.15, 0.2) is 0 Å². The molecule has 0 bridgehead atoms. The third kappa shape index (κ3) is 0. The van der Waals surface area contributed by atoms with E-state index in [9.17, 15) is 0 Å². The Morgan fingerprint density at radius 3 is 0.636 bits per heavy atom. The SMILES string of the molecule is CC(C)(C)C.CCC.CCC. The molecule has 0 aliphatic carbocycles. The molecule has 0 fully saturated rings. The number of hydrogen-bond donors (Lipinski definition) is 0. The molecule has 0 aliphatic heterocycles. The topological polar surface area (TPSA) is 0 Å². The Labute approximate surface area is 74.4 Å². The Morgan fingerprint density at radius 1 is 0.636 bits per heavy atom. The largest absolute Gasteiger partial charge is 0.0656 e. The second-order valence-electron chi connectivity index (χ2n) is 4.41. The van der Waals surface area contributed by atoms with E-state index < -0.39 is 0 Å². The average molecular weight is 160 g/mol. The summed E-state index contributed by atoms with van der Waals surface area (Å²) < 4.78 is 0. The Hall–Kier alpha value is 0. The standard InChI is InChI=1S/C5H12.2C3H8/c1-5(2,3)4;2*1-3-2/h1-4H3;2*3H2,1-2H3. The van der Waals surface area contributed by atoms with Crippen molar-refractivity contribution in [2.75, 3.05) is 0 Å². The molecule has 0 spiro atoms. The molecular formula is C11H28. The van der Waals surface area contributed by atoms with Crippen LogP contribution in [0, 0.1) is 5.41 Å². The maximum absolute atomic E-state index is 2.19. The van der Waals surface area contributed by atoms with Gasteiger partial charge in [-0.3, -0.25) is 0 Å². The van der Waals surface area contributed by atoms with Gasteiger partial charge in [0.15, 0.2) is 0 Å². The van der Waals surface area contributed by atoms with Crippen LogP contribution in [0.5, 0.6) is 0 Å². The molecule has 0 heterocycles. The smallest absolute Gasteiger partial charge is 0.0411 e. The van der Waals surface area contributed by atoms with Crippen molar-refractivity contribution >= 4 is 0 Å². The van der Waals surface area contributed by atoms with E-state index in [2.05, 4.69) is 55.4 Å². The first-order chi connectivity index (χ1) is 4.83. The summed E-state index contributed by atoms with van der Waals surface area (Å²) in [4.78, 5) is 0. The van der Waals surface area contributed by atoms with Gasteiger partial charge in [-0.2, -0.15) is 0 Å². The molecule has 0 N–H and O–H groups in total. The molecule has 0 unspecified atom stereocenters. The molecule has 0 saturated heterocycles. The van der Waals surface area contributed by atoms with Crippen LogP contribution in [-0.4, -0.2) is 0 Å². The summed E-state index contributed by atoms with van der Waals surface area (Å²) in [7, 11) is 0. The molecule has 0 radical (unpaired) electrons. The summed E-state index contributed by atoms with van der Waals surface area (Å²) >= 11 is 0. The lowest BCUT2D eigenvalue weighted by atomic mass is 10.0. The van der Waals surface area contributed by atoms with E-state index in [-0.39, 0.29) is 0 Å². The van der Waals surface area contributed by atoms with Crippen LogP contribution in [0.25, 0.3) is 0 Å². The van der Waals surface area contributed by atoms with Crippen LogP contribution in [0.2, 0.25) is 0 Å². The van der Waals surface area contributed by atoms with Gasteiger partial charge in [-0.05, 0) is 5.41 Å². The molecule has 11 heavy (non-hydrogen) atoms. The van der Waals surface area contributed by atoms with Gasteiger partial charge in [-0.1, -0.05) is 68.2 Å². The fraction of sp³-hybridized carbons (Fsp3) is 1.00. The van der Waals surface area contributed by atoms with Crippen molar-refractivity contribution in [3.63, 3.8) is 0 Å². The predicted octanol–water partition coefficient (Wildman–Crippen LogP) is 4.89. The molecule has 0 saturated carbocycles. The highest BCUT2D eigenvalue weighted by Gasteiger charge is 1.95. The van der Waals surface area contributed by atoms with Crippen molar-refractivity contribution < 1.29 is 0 Å². The lowest BCUT2D eigenvalue weighted by molar-refractivity contribution is 0.469. The zero-order chi connectivity index (χ0) is 9.91. The molecule has 0 aromatic carbocycles. The molecule has 0 aromatic heterocycles. The van der Waals surface area contributed by atoms with Crippen molar-refractivity contribution in [3.05, 3.63) is 0 Å². The molecule has 0 nitrogen and oxygen atoms in total. The van der Waals surface area contributed by atoms with Gasteiger partial charge in [-0.15, -0.1) is 0 Å². The third-order valence-electron chi connectivity index (χ3n) is 0. The molecule has 72 valence electrons. The first kappa shape index (κ1) is 17.2. The molecule has 0 rings (SSSR count). The van der Waals surface area contributed by atoms with Crippen molar-refractivity contribution in [2.45, 2.75) is 68.2 Å². The van der Waals surface area contributed by atoms with E-state index in [0.717, 1.165) is 0 Å². The molecule has 0 atom stereocenters. The zero-order valence-electron chi connectivity index (χ0n) is 9.91. The van der Waals surface area contributed by atoms with Crippen molar-refractivity contribution in [1.82, 2.24) is 0 Å². The lowest BCUT2D eigenvalue weighted by Gasteiger charge is -2.05. The summed E-state index contributed by atoms with van der Waals surface area (Å²) in [5.74, 6) is 0. The maximum Gasteiger partial charge on any atom is -0.0411 e. The van der Waals surface area contributed by atoms with Crippen molar-refractivity contribution in [3.8, 4) is 0 Å². The highest BCUT2D eigenvalue weighted by atomic mass is 14.0. The minimum atomic E-state index is 0.500. The zero-order valence-corrected chi connectivity index (χ0v) is 9.91. The third-order valence-corrected chi connectivity index (χ3v) is 0. The minimum Gasteiger partial charge on any atom is -0.0656 e. The van der Waals surface area contributed by atoms with Gasteiger partial charge in [-0.25, -0.2) is 0 Å².